The number of aromatic nitrogens is 2. The topological polar surface area (TPSA) is 25.8 Å². The van der Waals surface area contributed by atoms with Crippen molar-refractivity contribution < 1.29 is 0 Å². The van der Waals surface area contributed by atoms with Gasteiger partial charge in [-0.3, -0.25) is 4.98 Å². The molecule has 1 heterocycles. The van der Waals surface area contributed by atoms with Gasteiger partial charge in [0.2, 0.25) is 0 Å². The molecule has 69 valence electrons. The Hall–Kier alpha value is -1.70. The molecule has 0 spiro atoms. The van der Waals surface area contributed by atoms with Gasteiger partial charge >= 0.3 is 0 Å². The van der Waals surface area contributed by atoms with Crippen LogP contribution in [-0.4, -0.2) is 9.97 Å². The van der Waals surface area contributed by atoms with E-state index in [0.717, 1.165) is 22.6 Å². The summed E-state index contributed by atoms with van der Waals surface area (Å²) in [4.78, 5) is 8.74. The van der Waals surface area contributed by atoms with Crippen molar-refractivity contribution >= 4 is 0 Å². The Kier molecular flexibility index (Phi) is 2.27. The predicted octanol–water partition coefficient (Wildman–Crippen LogP) is 2.56. The zero-order valence-corrected chi connectivity index (χ0v) is 8.28. The lowest BCUT2D eigenvalue weighted by atomic mass is 10.1. The third-order valence-electron chi connectivity index (χ3n) is 2.06. The standard InChI is InChI=1S/C12H11N2/c1-9-8-13-10(2)12(14-9)11-6-4-3-5-7-11/h3-4,6-8H,1-2H3. The van der Waals surface area contributed by atoms with Gasteiger partial charge < -0.3 is 0 Å². The molecule has 0 aliphatic heterocycles. The van der Waals surface area contributed by atoms with Crippen LogP contribution in [0.3, 0.4) is 0 Å². The second kappa shape index (κ2) is 3.58. The number of benzene rings is 1. The van der Waals surface area contributed by atoms with Gasteiger partial charge in [0.1, 0.15) is 0 Å². The van der Waals surface area contributed by atoms with Crippen molar-refractivity contribution in [3.63, 3.8) is 0 Å². The molecule has 2 nitrogen and oxygen atoms in total. The molecule has 0 N–H and O–H groups in total. The molecule has 0 atom stereocenters. The number of hydrogen-bond donors (Lipinski definition) is 0. The van der Waals surface area contributed by atoms with Crippen LogP contribution in [0.2, 0.25) is 0 Å². The first-order valence-corrected chi connectivity index (χ1v) is 4.54. The Morgan fingerprint density at radius 3 is 2.86 bits per heavy atom. The second-order valence-corrected chi connectivity index (χ2v) is 3.24. The number of rotatable bonds is 1. The highest BCUT2D eigenvalue weighted by Gasteiger charge is 2.03. The van der Waals surface area contributed by atoms with E-state index in [4.69, 9.17) is 0 Å². The maximum absolute atomic E-state index is 4.46. The lowest BCUT2D eigenvalue weighted by Gasteiger charge is -2.04. The molecule has 0 unspecified atom stereocenters. The van der Waals surface area contributed by atoms with E-state index in [0.29, 0.717) is 0 Å². The minimum absolute atomic E-state index is 0.939. The molecular formula is C12H11N2. The Balaban J connectivity index is 2.57. The van der Waals surface area contributed by atoms with Crippen molar-refractivity contribution in [1.82, 2.24) is 9.97 Å². The first-order valence-electron chi connectivity index (χ1n) is 4.54. The van der Waals surface area contributed by atoms with Crippen LogP contribution in [-0.2, 0) is 0 Å². The van der Waals surface area contributed by atoms with E-state index in [1.807, 2.05) is 38.1 Å². The summed E-state index contributed by atoms with van der Waals surface area (Å²) in [6.45, 7) is 3.91. The highest BCUT2D eigenvalue weighted by molar-refractivity contribution is 5.60. The lowest BCUT2D eigenvalue weighted by molar-refractivity contribution is 1.07. The maximum atomic E-state index is 4.46. The van der Waals surface area contributed by atoms with Crippen LogP contribution in [0.4, 0.5) is 0 Å². The molecule has 0 saturated heterocycles. The highest BCUT2D eigenvalue weighted by Crippen LogP contribution is 2.18. The van der Waals surface area contributed by atoms with Gasteiger partial charge in [-0.2, -0.15) is 0 Å². The van der Waals surface area contributed by atoms with Crippen molar-refractivity contribution in [3.8, 4) is 11.3 Å². The van der Waals surface area contributed by atoms with Gasteiger partial charge in [0, 0.05) is 11.8 Å². The van der Waals surface area contributed by atoms with Crippen molar-refractivity contribution in [2.45, 2.75) is 13.8 Å². The van der Waals surface area contributed by atoms with Crippen LogP contribution in [0.25, 0.3) is 11.3 Å². The monoisotopic (exact) mass is 183 g/mol. The van der Waals surface area contributed by atoms with E-state index in [2.05, 4.69) is 16.0 Å². The number of hydrogen-bond acceptors (Lipinski definition) is 2. The summed E-state index contributed by atoms with van der Waals surface area (Å²) in [6.07, 6.45) is 1.78. The van der Waals surface area contributed by atoms with Crippen LogP contribution < -0.4 is 0 Å². The highest BCUT2D eigenvalue weighted by atomic mass is 14.8. The van der Waals surface area contributed by atoms with E-state index < -0.39 is 0 Å². The molecule has 0 saturated carbocycles. The molecule has 14 heavy (non-hydrogen) atoms. The molecule has 0 fully saturated rings. The van der Waals surface area contributed by atoms with Gasteiger partial charge in [-0.25, -0.2) is 4.98 Å². The third kappa shape index (κ3) is 1.64. The SMILES string of the molecule is Cc1cnc(C)c(-c2c[c]ccc2)n1. The van der Waals surface area contributed by atoms with Crippen molar-refractivity contribution in [2.24, 2.45) is 0 Å². The average Bonchev–Trinajstić information content (AvgIpc) is 2.23. The first kappa shape index (κ1) is 8.88. The van der Waals surface area contributed by atoms with Crippen LogP contribution in [0.5, 0.6) is 0 Å². The van der Waals surface area contributed by atoms with Crippen LogP contribution in [0.15, 0.2) is 30.5 Å². The van der Waals surface area contributed by atoms with Gasteiger partial charge in [0.15, 0.2) is 0 Å². The normalized spacial score (nSPS) is 10.1. The minimum Gasteiger partial charge on any atom is -0.257 e. The fraction of sp³-hybridized carbons (Fsp3) is 0.167. The van der Waals surface area contributed by atoms with Crippen LogP contribution in [0.1, 0.15) is 11.4 Å². The molecular weight excluding hydrogens is 172 g/mol. The van der Waals surface area contributed by atoms with E-state index in [1.165, 1.54) is 0 Å². The summed E-state index contributed by atoms with van der Waals surface area (Å²) in [7, 11) is 0. The quantitative estimate of drug-likeness (QED) is 0.679. The fourth-order valence-electron chi connectivity index (χ4n) is 1.35. The van der Waals surface area contributed by atoms with Gasteiger partial charge in [0.05, 0.1) is 17.1 Å². The van der Waals surface area contributed by atoms with E-state index in [-0.39, 0.29) is 0 Å². The van der Waals surface area contributed by atoms with Gasteiger partial charge in [-0.05, 0) is 26.0 Å². The zero-order chi connectivity index (χ0) is 9.97. The van der Waals surface area contributed by atoms with E-state index in [9.17, 15) is 0 Å². The van der Waals surface area contributed by atoms with Crippen LogP contribution >= 0.6 is 0 Å². The smallest absolute Gasteiger partial charge is 0.0917 e. The van der Waals surface area contributed by atoms with Gasteiger partial charge in [-0.15, -0.1) is 0 Å². The van der Waals surface area contributed by atoms with Crippen molar-refractivity contribution in [2.75, 3.05) is 0 Å². The maximum Gasteiger partial charge on any atom is 0.0917 e. The molecule has 2 aromatic rings. The summed E-state index contributed by atoms with van der Waals surface area (Å²) in [5.41, 5.74) is 3.91. The Bertz CT molecular complexity index is 435. The zero-order valence-electron chi connectivity index (χ0n) is 8.28. The predicted molar refractivity (Wildman–Crippen MR) is 55.8 cm³/mol. The molecule has 1 aromatic heterocycles. The van der Waals surface area contributed by atoms with Gasteiger partial charge in [0.25, 0.3) is 0 Å². The summed E-state index contributed by atoms with van der Waals surface area (Å²) >= 11 is 0. The van der Waals surface area contributed by atoms with Crippen LogP contribution in [0, 0.1) is 19.9 Å². The van der Waals surface area contributed by atoms with Crippen molar-refractivity contribution in [1.29, 1.82) is 0 Å². The molecule has 2 rings (SSSR count). The van der Waals surface area contributed by atoms with Crippen molar-refractivity contribution in [3.05, 3.63) is 47.9 Å². The summed E-state index contributed by atoms with van der Waals surface area (Å²) < 4.78 is 0. The first-order chi connectivity index (χ1) is 6.77. The Morgan fingerprint density at radius 1 is 1.29 bits per heavy atom. The van der Waals surface area contributed by atoms with E-state index >= 15 is 0 Å². The molecule has 0 bridgehead atoms. The molecule has 1 radical (unpaired) electrons. The second-order valence-electron chi connectivity index (χ2n) is 3.24. The molecule has 0 aliphatic carbocycles. The molecule has 0 aliphatic rings. The Morgan fingerprint density at radius 2 is 2.14 bits per heavy atom. The van der Waals surface area contributed by atoms with E-state index in [1.54, 1.807) is 6.20 Å². The average molecular weight is 183 g/mol. The fourth-order valence-corrected chi connectivity index (χ4v) is 1.35. The lowest BCUT2D eigenvalue weighted by Crippen LogP contribution is -1.93. The number of aryl methyl sites for hydroxylation is 2. The van der Waals surface area contributed by atoms with Gasteiger partial charge in [-0.1, -0.05) is 18.2 Å². The molecule has 2 heteroatoms. The largest absolute Gasteiger partial charge is 0.257 e. The summed E-state index contributed by atoms with van der Waals surface area (Å²) in [6, 6.07) is 10.8. The Labute approximate surface area is 83.7 Å². The molecule has 1 aromatic carbocycles. The minimum atomic E-state index is 0.939. The molecule has 0 amide bonds. The third-order valence-corrected chi connectivity index (χ3v) is 2.06. The summed E-state index contributed by atoms with van der Waals surface area (Å²) in [5.74, 6) is 0. The summed E-state index contributed by atoms with van der Waals surface area (Å²) in [5, 5.41) is 0. The number of nitrogens with zero attached hydrogens (tertiary/aromatic N) is 2.